The summed E-state index contributed by atoms with van der Waals surface area (Å²) in [5, 5.41) is 3.51. The average Bonchev–Trinajstić information content (AvgIpc) is 2.88. The molecule has 0 aliphatic carbocycles. The molecular formula is C16H16BrN3. The molecule has 3 aromatic rings. The minimum Gasteiger partial charge on any atom is -0.307 e. The molecule has 0 unspecified atom stereocenters. The fourth-order valence-electron chi connectivity index (χ4n) is 2.27. The number of nitrogens with zero attached hydrogens (tertiary/aromatic N) is 2. The van der Waals surface area contributed by atoms with E-state index in [1.54, 1.807) is 0 Å². The van der Waals surface area contributed by atoms with Crippen molar-refractivity contribution in [1.29, 1.82) is 0 Å². The minimum absolute atomic E-state index is 0.274. The summed E-state index contributed by atoms with van der Waals surface area (Å²) in [6.07, 6.45) is 4.08. The van der Waals surface area contributed by atoms with Gasteiger partial charge >= 0.3 is 0 Å². The molecule has 3 rings (SSSR count). The zero-order chi connectivity index (χ0) is 13.9. The van der Waals surface area contributed by atoms with Crippen molar-refractivity contribution in [2.75, 3.05) is 0 Å². The number of rotatable bonds is 4. The predicted octanol–water partition coefficient (Wildman–Crippen LogP) is 3.95. The number of halogens is 1. The van der Waals surface area contributed by atoms with Gasteiger partial charge in [-0.15, -0.1) is 0 Å². The Hall–Kier alpha value is -1.65. The van der Waals surface area contributed by atoms with Crippen LogP contribution in [0.25, 0.3) is 5.65 Å². The van der Waals surface area contributed by atoms with E-state index >= 15 is 0 Å². The van der Waals surface area contributed by atoms with E-state index in [2.05, 4.69) is 57.6 Å². The first-order chi connectivity index (χ1) is 9.74. The largest absolute Gasteiger partial charge is 0.307 e. The van der Waals surface area contributed by atoms with Gasteiger partial charge in [0.15, 0.2) is 0 Å². The number of aromatic nitrogens is 2. The number of imidazole rings is 1. The fourth-order valence-corrected chi connectivity index (χ4v) is 2.89. The molecule has 1 atom stereocenters. The van der Waals surface area contributed by atoms with Gasteiger partial charge in [-0.2, -0.15) is 0 Å². The highest BCUT2D eigenvalue weighted by Crippen LogP contribution is 2.22. The van der Waals surface area contributed by atoms with Gasteiger partial charge in [0, 0.05) is 29.5 Å². The Kier molecular flexibility index (Phi) is 3.85. The van der Waals surface area contributed by atoms with Crippen LogP contribution in [0.3, 0.4) is 0 Å². The first kappa shape index (κ1) is 13.3. The van der Waals surface area contributed by atoms with Gasteiger partial charge in [-0.25, -0.2) is 4.98 Å². The molecule has 0 radical (unpaired) electrons. The molecule has 1 aromatic carbocycles. The molecule has 0 amide bonds. The quantitative estimate of drug-likeness (QED) is 0.785. The summed E-state index contributed by atoms with van der Waals surface area (Å²) in [6, 6.07) is 14.6. The standard InChI is InChI=1S/C16H16BrN3/c1-12(14-6-2-3-7-15(14)17)18-10-13-11-20-9-5-4-8-16(20)19-13/h2-9,11-12,18H,10H2,1H3/t12-/m0/s1. The lowest BCUT2D eigenvalue weighted by Crippen LogP contribution is -2.18. The summed E-state index contributed by atoms with van der Waals surface area (Å²) >= 11 is 3.59. The maximum absolute atomic E-state index is 4.59. The van der Waals surface area contributed by atoms with E-state index in [9.17, 15) is 0 Å². The Morgan fingerprint density at radius 3 is 2.80 bits per heavy atom. The van der Waals surface area contributed by atoms with Crippen molar-refractivity contribution in [3.05, 3.63) is 70.6 Å². The van der Waals surface area contributed by atoms with Gasteiger partial charge in [0.1, 0.15) is 5.65 Å². The van der Waals surface area contributed by atoms with E-state index in [-0.39, 0.29) is 6.04 Å². The Morgan fingerprint density at radius 1 is 1.20 bits per heavy atom. The second-order valence-electron chi connectivity index (χ2n) is 4.82. The van der Waals surface area contributed by atoms with Crippen LogP contribution in [-0.2, 0) is 6.54 Å². The normalized spacial score (nSPS) is 12.7. The second-order valence-corrected chi connectivity index (χ2v) is 5.68. The zero-order valence-electron chi connectivity index (χ0n) is 11.3. The molecule has 0 bridgehead atoms. The molecule has 0 fully saturated rings. The van der Waals surface area contributed by atoms with E-state index in [1.165, 1.54) is 5.56 Å². The lowest BCUT2D eigenvalue weighted by molar-refractivity contribution is 0.567. The highest BCUT2D eigenvalue weighted by molar-refractivity contribution is 9.10. The molecule has 0 aliphatic rings. The third kappa shape index (κ3) is 2.76. The summed E-state index contributed by atoms with van der Waals surface area (Å²) in [5.74, 6) is 0. The first-order valence-electron chi connectivity index (χ1n) is 6.64. The van der Waals surface area contributed by atoms with Crippen LogP contribution in [0.15, 0.2) is 59.3 Å². The molecule has 2 aromatic heterocycles. The summed E-state index contributed by atoms with van der Waals surface area (Å²) in [4.78, 5) is 4.59. The van der Waals surface area contributed by atoms with Crippen LogP contribution < -0.4 is 5.32 Å². The SMILES string of the molecule is C[C@H](NCc1cn2ccccc2n1)c1ccccc1Br. The smallest absolute Gasteiger partial charge is 0.137 e. The molecule has 4 heteroatoms. The highest BCUT2D eigenvalue weighted by atomic mass is 79.9. The van der Waals surface area contributed by atoms with Crippen molar-refractivity contribution in [3.63, 3.8) is 0 Å². The molecule has 102 valence electrons. The van der Waals surface area contributed by atoms with Crippen LogP contribution in [-0.4, -0.2) is 9.38 Å². The maximum Gasteiger partial charge on any atom is 0.137 e. The topological polar surface area (TPSA) is 29.3 Å². The first-order valence-corrected chi connectivity index (χ1v) is 7.44. The van der Waals surface area contributed by atoms with E-state index in [0.29, 0.717) is 0 Å². The number of hydrogen-bond acceptors (Lipinski definition) is 2. The monoisotopic (exact) mass is 329 g/mol. The molecule has 1 N–H and O–H groups in total. The number of nitrogens with one attached hydrogen (secondary N) is 1. The van der Waals surface area contributed by atoms with E-state index < -0.39 is 0 Å². The van der Waals surface area contributed by atoms with Gasteiger partial charge in [-0.05, 0) is 30.7 Å². The van der Waals surface area contributed by atoms with E-state index in [0.717, 1.165) is 22.4 Å². The lowest BCUT2D eigenvalue weighted by Gasteiger charge is -2.14. The molecule has 0 saturated heterocycles. The van der Waals surface area contributed by atoms with Gasteiger partial charge in [-0.3, -0.25) is 0 Å². The van der Waals surface area contributed by atoms with Crippen LogP contribution >= 0.6 is 15.9 Å². The number of fused-ring (bicyclic) bond motifs is 1. The van der Waals surface area contributed by atoms with Crippen LogP contribution in [0.2, 0.25) is 0 Å². The average molecular weight is 330 g/mol. The Morgan fingerprint density at radius 2 is 2.00 bits per heavy atom. The van der Waals surface area contributed by atoms with Crippen LogP contribution in [0.5, 0.6) is 0 Å². The predicted molar refractivity (Wildman–Crippen MR) is 84.6 cm³/mol. The summed E-state index contributed by atoms with van der Waals surface area (Å²) < 4.78 is 3.18. The molecule has 0 aliphatic heterocycles. The van der Waals surface area contributed by atoms with Crippen molar-refractivity contribution in [2.45, 2.75) is 19.5 Å². The summed E-state index contributed by atoms with van der Waals surface area (Å²) in [7, 11) is 0. The van der Waals surface area contributed by atoms with Crippen LogP contribution in [0.4, 0.5) is 0 Å². The molecule has 0 spiro atoms. The molecule has 20 heavy (non-hydrogen) atoms. The Labute approximate surface area is 126 Å². The van der Waals surface area contributed by atoms with Gasteiger partial charge < -0.3 is 9.72 Å². The second kappa shape index (κ2) is 5.77. The van der Waals surface area contributed by atoms with Crippen molar-refractivity contribution in [1.82, 2.24) is 14.7 Å². The summed E-state index contributed by atoms with van der Waals surface area (Å²) in [5.41, 5.74) is 3.30. The van der Waals surface area contributed by atoms with Crippen molar-refractivity contribution >= 4 is 21.6 Å². The maximum atomic E-state index is 4.59. The van der Waals surface area contributed by atoms with Gasteiger partial charge in [-0.1, -0.05) is 40.2 Å². The molecular weight excluding hydrogens is 314 g/mol. The lowest BCUT2D eigenvalue weighted by atomic mass is 10.1. The third-order valence-corrected chi connectivity index (χ3v) is 4.10. The van der Waals surface area contributed by atoms with Gasteiger partial charge in [0.25, 0.3) is 0 Å². The minimum atomic E-state index is 0.274. The third-order valence-electron chi connectivity index (χ3n) is 3.37. The molecule has 2 heterocycles. The van der Waals surface area contributed by atoms with E-state index in [1.807, 2.05) is 34.9 Å². The molecule has 0 saturated carbocycles. The van der Waals surface area contributed by atoms with Crippen molar-refractivity contribution in [2.24, 2.45) is 0 Å². The number of benzene rings is 1. The van der Waals surface area contributed by atoms with Crippen molar-refractivity contribution < 1.29 is 0 Å². The van der Waals surface area contributed by atoms with Gasteiger partial charge in [0.2, 0.25) is 0 Å². The number of hydrogen-bond donors (Lipinski definition) is 1. The Bertz CT molecular complexity index is 687. The van der Waals surface area contributed by atoms with Crippen LogP contribution in [0, 0.1) is 0 Å². The van der Waals surface area contributed by atoms with Gasteiger partial charge in [0.05, 0.1) is 5.69 Å². The zero-order valence-corrected chi connectivity index (χ0v) is 12.8. The van der Waals surface area contributed by atoms with Crippen LogP contribution in [0.1, 0.15) is 24.2 Å². The number of pyridine rings is 1. The van der Waals surface area contributed by atoms with E-state index in [4.69, 9.17) is 0 Å². The Balaban J connectivity index is 1.71. The highest BCUT2D eigenvalue weighted by Gasteiger charge is 2.09. The summed E-state index contributed by atoms with van der Waals surface area (Å²) in [6.45, 7) is 2.92. The fraction of sp³-hybridized carbons (Fsp3) is 0.188. The van der Waals surface area contributed by atoms with Crippen molar-refractivity contribution in [3.8, 4) is 0 Å². The molecule has 3 nitrogen and oxygen atoms in total.